The van der Waals surface area contributed by atoms with Gasteiger partial charge in [-0.05, 0) is 43.2 Å². The number of furan rings is 1. The largest absolute Gasteiger partial charge is 0.426 e. The second-order valence-electron chi connectivity index (χ2n) is 4.77. The molecule has 1 aromatic carbocycles. The number of carbonyl (C=O) groups is 1. The van der Waals surface area contributed by atoms with Gasteiger partial charge in [-0.1, -0.05) is 5.92 Å². The lowest BCUT2D eigenvalue weighted by molar-refractivity contribution is -0.0444. The van der Waals surface area contributed by atoms with Gasteiger partial charge in [0, 0.05) is 12.0 Å². The van der Waals surface area contributed by atoms with Crippen LogP contribution in [0.2, 0.25) is 0 Å². The Kier molecular flexibility index (Phi) is 5.23. The lowest BCUT2D eigenvalue weighted by atomic mass is 10.2. The summed E-state index contributed by atoms with van der Waals surface area (Å²) < 4.78 is 23.6. The summed E-state index contributed by atoms with van der Waals surface area (Å²) in [4.78, 5) is 10.7. The van der Waals surface area contributed by atoms with Crippen LogP contribution >= 0.6 is 0 Å². The molecule has 6 nitrogen and oxygen atoms in total. The Bertz CT molecular complexity index is 731. The van der Waals surface area contributed by atoms with Crippen LogP contribution < -0.4 is 10.5 Å². The van der Waals surface area contributed by atoms with E-state index in [0.717, 1.165) is 0 Å². The molecule has 1 heterocycles. The average molecular weight is 318 g/mol. The molecule has 0 aliphatic heterocycles. The summed E-state index contributed by atoms with van der Waals surface area (Å²) in [6, 6.07) is 7.77. The van der Waals surface area contributed by atoms with Gasteiger partial charge in [0.05, 0.1) is 6.54 Å². The highest BCUT2D eigenvalue weighted by molar-refractivity contribution is 5.70. The van der Waals surface area contributed by atoms with Gasteiger partial charge in [0.15, 0.2) is 5.76 Å². The molecule has 3 N–H and O–H groups in total. The van der Waals surface area contributed by atoms with E-state index in [4.69, 9.17) is 14.9 Å². The van der Waals surface area contributed by atoms with E-state index in [-0.39, 0.29) is 24.2 Å². The van der Waals surface area contributed by atoms with Crippen LogP contribution in [0.1, 0.15) is 12.7 Å². The van der Waals surface area contributed by atoms with Crippen molar-refractivity contribution in [1.82, 2.24) is 5.06 Å². The fourth-order valence-corrected chi connectivity index (χ4v) is 1.65. The van der Waals surface area contributed by atoms with Crippen molar-refractivity contribution in [2.45, 2.75) is 6.92 Å². The molecule has 0 aliphatic carbocycles. The third-order valence-electron chi connectivity index (χ3n) is 2.76. The third-order valence-corrected chi connectivity index (χ3v) is 2.76. The predicted molar refractivity (Wildman–Crippen MR) is 79.3 cm³/mol. The van der Waals surface area contributed by atoms with Crippen LogP contribution in [0.25, 0.3) is 0 Å². The maximum absolute atomic E-state index is 12.8. The van der Waals surface area contributed by atoms with E-state index in [1.165, 1.54) is 24.3 Å². The number of rotatable bonds is 4. The van der Waals surface area contributed by atoms with Crippen LogP contribution in [0.5, 0.6) is 11.7 Å². The molecular formula is C16H15FN2O4. The second kappa shape index (κ2) is 7.33. The monoisotopic (exact) mass is 318 g/mol. The number of hydrogen-bond donors (Lipinski definition) is 2. The summed E-state index contributed by atoms with van der Waals surface area (Å²) in [6.45, 7) is 1.71. The van der Waals surface area contributed by atoms with Crippen LogP contribution in [0.15, 0.2) is 40.8 Å². The summed E-state index contributed by atoms with van der Waals surface area (Å²) in [5.74, 6) is 5.92. The van der Waals surface area contributed by atoms with Crippen molar-refractivity contribution in [1.29, 1.82) is 0 Å². The molecule has 0 bridgehead atoms. The highest BCUT2D eigenvalue weighted by Gasteiger charge is 2.09. The highest BCUT2D eigenvalue weighted by Crippen LogP contribution is 2.23. The molecule has 1 atom stereocenters. The van der Waals surface area contributed by atoms with E-state index in [1.54, 1.807) is 19.1 Å². The number of nitrogens with zero attached hydrogens (tertiary/aromatic N) is 1. The molecule has 2 rings (SSSR count). The Morgan fingerprint density at radius 3 is 2.74 bits per heavy atom. The van der Waals surface area contributed by atoms with Crippen LogP contribution in [-0.4, -0.2) is 22.8 Å². The minimum atomic E-state index is -0.938. The average Bonchev–Trinajstić information content (AvgIpc) is 2.95. The number of primary amides is 1. The topological polar surface area (TPSA) is 88.9 Å². The Labute approximate surface area is 132 Å². The number of amides is 2. The molecule has 0 saturated heterocycles. The van der Waals surface area contributed by atoms with E-state index < -0.39 is 6.03 Å². The van der Waals surface area contributed by atoms with Gasteiger partial charge in [-0.2, -0.15) is 0 Å². The zero-order chi connectivity index (χ0) is 16.8. The number of halogens is 1. The van der Waals surface area contributed by atoms with Gasteiger partial charge in [-0.15, -0.1) is 0 Å². The maximum atomic E-state index is 12.8. The Morgan fingerprint density at radius 1 is 1.39 bits per heavy atom. The van der Waals surface area contributed by atoms with Crippen LogP contribution in [0.4, 0.5) is 9.18 Å². The summed E-state index contributed by atoms with van der Waals surface area (Å²) in [5, 5.41) is 9.60. The quantitative estimate of drug-likeness (QED) is 0.515. The predicted octanol–water partition coefficient (Wildman–Crippen LogP) is 2.97. The number of benzene rings is 1. The van der Waals surface area contributed by atoms with Crippen LogP contribution in [-0.2, 0) is 0 Å². The fourth-order valence-electron chi connectivity index (χ4n) is 1.65. The first kappa shape index (κ1) is 16.4. The van der Waals surface area contributed by atoms with Gasteiger partial charge in [0.2, 0.25) is 0 Å². The van der Waals surface area contributed by atoms with Crippen molar-refractivity contribution < 1.29 is 23.5 Å². The van der Waals surface area contributed by atoms with Gasteiger partial charge in [0.1, 0.15) is 11.6 Å². The SMILES string of the molecule is C[C@H](C#Cc1ccc(Oc2ccc(F)cc2)o1)CN(O)C(N)=O. The number of hydroxylamine groups is 2. The van der Waals surface area contributed by atoms with Gasteiger partial charge in [-0.25, -0.2) is 14.2 Å². The molecule has 0 aliphatic rings. The molecule has 0 radical (unpaired) electrons. The van der Waals surface area contributed by atoms with Crippen molar-refractivity contribution in [2.75, 3.05) is 6.54 Å². The van der Waals surface area contributed by atoms with Gasteiger partial charge in [0.25, 0.3) is 5.95 Å². The number of ether oxygens (including phenoxy) is 1. The molecule has 0 fully saturated rings. The minimum absolute atomic E-state index is 0.0119. The normalized spacial score (nSPS) is 11.3. The summed E-state index contributed by atoms with van der Waals surface area (Å²) in [6.07, 6.45) is 0. The first-order valence-electron chi connectivity index (χ1n) is 6.74. The zero-order valence-corrected chi connectivity index (χ0v) is 12.3. The molecule has 23 heavy (non-hydrogen) atoms. The van der Waals surface area contributed by atoms with Crippen LogP contribution in [0.3, 0.4) is 0 Å². The standard InChI is InChI=1S/C16H15FN2O4/c1-11(10-19(21)16(18)20)2-5-13-8-9-15(22-13)23-14-6-3-12(17)4-7-14/h3-4,6-9,11,21H,10H2,1H3,(H2,18,20)/t11-/m1/s1. The summed E-state index contributed by atoms with van der Waals surface area (Å²) in [5.41, 5.74) is 4.91. The highest BCUT2D eigenvalue weighted by atomic mass is 19.1. The number of nitrogens with two attached hydrogens (primary N) is 1. The zero-order valence-electron chi connectivity index (χ0n) is 12.3. The van der Waals surface area contributed by atoms with E-state index >= 15 is 0 Å². The van der Waals surface area contributed by atoms with E-state index in [2.05, 4.69) is 11.8 Å². The maximum Gasteiger partial charge on any atom is 0.338 e. The summed E-state index contributed by atoms with van der Waals surface area (Å²) in [7, 11) is 0. The fraction of sp³-hybridized carbons (Fsp3) is 0.188. The van der Waals surface area contributed by atoms with E-state index in [0.29, 0.717) is 16.6 Å². The van der Waals surface area contributed by atoms with Gasteiger partial charge >= 0.3 is 6.03 Å². The van der Waals surface area contributed by atoms with E-state index in [9.17, 15) is 14.4 Å². The van der Waals surface area contributed by atoms with Crippen molar-refractivity contribution in [3.8, 4) is 23.5 Å². The van der Waals surface area contributed by atoms with Crippen molar-refractivity contribution >= 4 is 6.03 Å². The Morgan fingerprint density at radius 2 is 2.09 bits per heavy atom. The van der Waals surface area contributed by atoms with Crippen molar-refractivity contribution in [3.63, 3.8) is 0 Å². The molecule has 0 unspecified atom stereocenters. The first-order chi connectivity index (χ1) is 10.9. The lowest BCUT2D eigenvalue weighted by Crippen LogP contribution is -2.35. The lowest BCUT2D eigenvalue weighted by Gasteiger charge is -2.13. The number of carbonyl (C=O) groups excluding carboxylic acids is 1. The summed E-state index contributed by atoms with van der Waals surface area (Å²) >= 11 is 0. The van der Waals surface area contributed by atoms with E-state index in [1.807, 2.05) is 0 Å². The molecule has 7 heteroatoms. The molecule has 1 aromatic heterocycles. The number of hydrogen-bond acceptors (Lipinski definition) is 4. The smallest absolute Gasteiger partial charge is 0.338 e. The van der Waals surface area contributed by atoms with Crippen LogP contribution in [0, 0.1) is 23.6 Å². The molecule has 2 aromatic rings. The molecule has 0 spiro atoms. The molecular weight excluding hydrogens is 303 g/mol. The first-order valence-corrected chi connectivity index (χ1v) is 6.74. The second-order valence-corrected chi connectivity index (χ2v) is 4.77. The van der Waals surface area contributed by atoms with Crippen molar-refractivity contribution in [2.24, 2.45) is 11.7 Å². The molecule has 2 amide bonds. The Balaban J connectivity index is 1.96. The number of urea groups is 1. The van der Waals surface area contributed by atoms with Gasteiger partial charge in [-0.3, -0.25) is 5.21 Å². The minimum Gasteiger partial charge on any atom is -0.426 e. The van der Waals surface area contributed by atoms with Crippen molar-refractivity contribution in [3.05, 3.63) is 48.0 Å². The molecule has 120 valence electrons. The Hall–Kier alpha value is -2.98. The molecule has 0 saturated carbocycles. The third kappa shape index (κ3) is 5.05. The van der Waals surface area contributed by atoms with Gasteiger partial charge < -0.3 is 14.9 Å².